The van der Waals surface area contributed by atoms with Gasteiger partial charge in [-0.2, -0.15) is 24.8 Å². The fourth-order valence-corrected chi connectivity index (χ4v) is 16.0. The molecule has 144 heavy (non-hydrogen) atoms. The summed E-state index contributed by atoms with van der Waals surface area (Å²) in [5.41, 5.74) is 28.3. The van der Waals surface area contributed by atoms with Gasteiger partial charge in [0, 0.05) is 83.0 Å². The smallest absolute Gasteiger partial charge is 0.664 e. The molecule has 0 fully saturated rings. The standard InChI is InChI=1S/C19H13N2.C18H12N3.2C17H11N2.C15H11N2.C14H10N3.C11H9N2.C10H8N3.4Zn/c1-4-10-17-14(7-1)13-19(21-17)16-9-3-2-8-15(16)18-11-5-6-12-20-18;1-2-8-14(13(7-1)15-9-5-6-12-19-15)18-20-16-10-3-4-11-17(16)21-18;2*1-2-10-18-15(6-1)14-5-3-4-12-7-8-13-9-11-19-17(13)16(12)14;1-2-7-13(15-9-5-11-17-15)12(6-1)14-8-3-4-10-16-14;1-2-6-12(14-9-15-10-17-14)11(5-1)13-7-3-4-8-16-13;1-2-8-12-10(4-1)6-7-11-5-3-9-13-11;1-2-6-12-9(3-1)4-5-10-7-11-8-13-10;;;;/h1-13H;1-12H;2*1-11H;1-11H;1-10H;1-9H;1-8H;;;;/q8*-1;4*+2. The summed E-state index contributed by atoms with van der Waals surface area (Å²) in [4.78, 5) is 82.5. The molecule has 0 aliphatic heterocycles. The van der Waals surface area contributed by atoms with Crippen molar-refractivity contribution in [3.05, 3.63) is 517 Å². The SMILES string of the molecule is C(=Cc1ccc[n-]1)c1ccccn1.C(=Cc1cnc[n-]1)c1ccccn1.[Zn+2].[Zn+2].[Zn+2].[Zn+2].c1ccc(-c2cccc3ccc4cc[n-]c4c23)nc1.c1ccc(-c2cccc3ccc4cc[n-]c4c23)nc1.c1ccc(-c2ccccc2-c2cc3ccccc3[n-]2)nc1.c1ccc(-c2ccccc2-c2ccc[n-]2)nc1.c1ccc(-c2ccccc2-c2cnc[n-]2)nc1.c1ccc(-c2ccccc2-c2nc3ccccc3[n-]2)nc1. The molecule has 16 aromatic heterocycles. The third-order valence-corrected chi connectivity index (χ3v) is 22.5. The Balaban J connectivity index is 0.000000124. The maximum absolute atomic E-state index is 4.74. The van der Waals surface area contributed by atoms with Gasteiger partial charge in [0.25, 0.3) is 0 Å². The van der Waals surface area contributed by atoms with E-state index in [4.69, 9.17) is 4.98 Å². The van der Waals surface area contributed by atoms with E-state index in [0.717, 1.165) is 163 Å². The van der Waals surface area contributed by atoms with E-state index in [0.29, 0.717) is 0 Å². The molecule has 0 unspecified atom stereocenters. The Morgan fingerprint density at radius 2 is 0.583 bits per heavy atom. The third kappa shape index (κ3) is 25.8. The number of para-hydroxylation sites is 3. The number of aromatic nitrogens is 19. The van der Waals surface area contributed by atoms with Gasteiger partial charge in [0.15, 0.2) is 0 Å². The first-order valence-corrected chi connectivity index (χ1v) is 45.3. The van der Waals surface area contributed by atoms with Gasteiger partial charge in [-0.1, -0.05) is 340 Å². The molecule has 10 aromatic carbocycles. The quantitative estimate of drug-likeness (QED) is 0.0917. The van der Waals surface area contributed by atoms with Gasteiger partial charge in [0.1, 0.15) is 0 Å². The Morgan fingerprint density at radius 1 is 0.208 bits per heavy atom. The zero-order valence-electron chi connectivity index (χ0n) is 78.4. The summed E-state index contributed by atoms with van der Waals surface area (Å²) in [6.45, 7) is 0. The monoisotopic (exact) mass is 2060 g/mol. The molecular weight excluding hydrogens is 1980 g/mol. The molecule has 0 aliphatic rings. The predicted octanol–water partition coefficient (Wildman–Crippen LogP) is 26.4. The van der Waals surface area contributed by atoms with Crippen LogP contribution in [0.1, 0.15) is 22.8 Å². The van der Waals surface area contributed by atoms with Gasteiger partial charge in [-0.3, -0.25) is 39.9 Å². The van der Waals surface area contributed by atoms with Crippen LogP contribution in [-0.2, 0) is 77.9 Å². The first-order valence-electron chi connectivity index (χ1n) is 45.3. The van der Waals surface area contributed by atoms with Crippen LogP contribution < -0.4 is 39.9 Å². The number of rotatable bonds is 14. The molecule has 16 heterocycles. The Labute approximate surface area is 883 Å². The molecule has 23 heteroatoms. The number of hydrogen-bond acceptors (Lipinski definition) is 11. The number of nitrogens with zero attached hydrogens (tertiary/aromatic N) is 19. The van der Waals surface area contributed by atoms with Crippen LogP contribution in [0.3, 0.4) is 0 Å². The molecule has 0 saturated carbocycles. The van der Waals surface area contributed by atoms with Gasteiger partial charge >= 0.3 is 77.9 Å². The molecule has 0 spiro atoms. The van der Waals surface area contributed by atoms with Crippen molar-refractivity contribution in [1.82, 2.24) is 94.7 Å². The maximum atomic E-state index is 4.74. The van der Waals surface area contributed by atoms with Crippen LogP contribution in [0.25, 0.3) is 202 Å². The van der Waals surface area contributed by atoms with Crippen molar-refractivity contribution in [2.75, 3.05) is 0 Å². The van der Waals surface area contributed by atoms with E-state index in [9.17, 15) is 0 Å². The topological polar surface area (TPSA) is 255 Å². The Kier molecular flexibility index (Phi) is 36.4. The summed E-state index contributed by atoms with van der Waals surface area (Å²) in [6, 6.07) is 131. The fraction of sp³-hybridized carbons (Fsp3) is 0. The van der Waals surface area contributed by atoms with Gasteiger partial charge in [-0.25, -0.2) is 0 Å². The second kappa shape index (κ2) is 51.7. The first kappa shape index (κ1) is 101. The number of hydrogen-bond donors (Lipinski definition) is 0. The average Bonchev–Trinajstić information content (AvgIpc) is 1.55. The van der Waals surface area contributed by atoms with Gasteiger partial charge in [-0.05, 0) is 192 Å². The first-order chi connectivity index (χ1) is 69.5. The van der Waals surface area contributed by atoms with Crippen LogP contribution in [0, 0.1) is 0 Å². The van der Waals surface area contributed by atoms with E-state index in [1.165, 1.54) is 44.0 Å². The summed E-state index contributed by atoms with van der Waals surface area (Å²) in [7, 11) is 0. The average molecular weight is 2070 g/mol. The zero-order valence-corrected chi connectivity index (χ0v) is 90.3. The van der Waals surface area contributed by atoms with E-state index in [1.54, 1.807) is 49.7 Å². The number of benzene rings is 10. The second-order valence-electron chi connectivity index (χ2n) is 31.5. The minimum absolute atomic E-state index is 0. The summed E-state index contributed by atoms with van der Waals surface area (Å²) >= 11 is 0. The van der Waals surface area contributed by atoms with Crippen molar-refractivity contribution in [1.29, 1.82) is 0 Å². The molecule has 0 bridgehead atoms. The maximum Gasteiger partial charge on any atom is 2.00 e. The van der Waals surface area contributed by atoms with Crippen molar-refractivity contribution in [3.63, 3.8) is 0 Å². The van der Waals surface area contributed by atoms with Crippen LogP contribution >= 0.6 is 0 Å². The summed E-state index contributed by atoms with van der Waals surface area (Å²) in [5, 5.41) is 8.30. The van der Waals surface area contributed by atoms with Gasteiger partial charge in [0.05, 0.1) is 45.6 Å². The van der Waals surface area contributed by atoms with Crippen molar-refractivity contribution in [2.24, 2.45) is 0 Å². The molecule has 0 atom stereocenters. The second-order valence-corrected chi connectivity index (χ2v) is 31.5. The Morgan fingerprint density at radius 3 is 1.01 bits per heavy atom. The molecular formula is C121H85N19Zn4. The molecule has 0 radical (unpaired) electrons. The molecule has 0 N–H and O–H groups in total. The summed E-state index contributed by atoms with van der Waals surface area (Å²) in [5.74, 6) is 0.748. The van der Waals surface area contributed by atoms with E-state index < -0.39 is 0 Å². The molecule has 0 amide bonds. The Bertz CT molecular complexity index is 7850. The molecule has 26 rings (SSSR count). The van der Waals surface area contributed by atoms with Crippen molar-refractivity contribution < 1.29 is 77.9 Å². The summed E-state index contributed by atoms with van der Waals surface area (Å²) in [6.07, 6.45) is 36.0. The van der Waals surface area contributed by atoms with Crippen LogP contribution in [0.5, 0.6) is 0 Å². The molecule has 0 aliphatic carbocycles. The Hall–Kier alpha value is -17.0. The van der Waals surface area contributed by atoms with Crippen molar-refractivity contribution in [2.45, 2.75) is 0 Å². The minimum atomic E-state index is 0. The van der Waals surface area contributed by atoms with Crippen LogP contribution in [0.15, 0.2) is 494 Å². The van der Waals surface area contributed by atoms with E-state index in [-0.39, 0.29) is 77.9 Å². The molecule has 19 nitrogen and oxygen atoms in total. The van der Waals surface area contributed by atoms with E-state index in [1.807, 2.05) is 359 Å². The normalized spacial score (nSPS) is 10.5. The number of fused-ring (bicyclic) bond motifs is 8. The van der Waals surface area contributed by atoms with Gasteiger partial charge < -0.3 is 54.8 Å². The minimum Gasteiger partial charge on any atom is -0.664 e. The summed E-state index contributed by atoms with van der Waals surface area (Å²) < 4.78 is 0. The van der Waals surface area contributed by atoms with Gasteiger partial charge in [-0.15, -0.1) is 33.6 Å². The third-order valence-electron chi connectivity index (χ3n) is 22.5. The zero-order chi connectivity index (χ0) is 94.3. The number of imidazole rings is 3. The fourth-order valence-electron chi connectivity index (χ4n) is 16.0. The van der Waals surface area contributed by atoms with Gasteiger partial charge in [0.2, 0.25) is 0 Å². The molecule has 672 valence electrons. The van der Waals surface area contributed by atoms with Crippen molar-refractivity contribution >= 4 is 89.6 Å². The van der Waals surface area contributed by atoms with Crippen molar-refractivity contribution in [3.8, 4) is 113 Å². The molecule has 26 aromatic rings. The largest absolute Gasteiger partial charge is 2.00 e. The molecule has 0 saturated heterocycles. The van der Waals surface area contributed by atoms with Crippen LogP contribution in [-0.4, -0.2) is 54.8 Å². The predicted molar refractivity (Wildman–Crippen MR) is 564 cm³/mol. The van der Waals surface area contributed by atoms with Crippen LogP contribution in [0.2, 0.25) is 0 Å². The number of pyridine rings is 8. The van der Waals surface area contributed by atoms with E-state index >= 15 is 0 Å². The van der Waals surface area contributed by atoms with Crippen LogP contribution in [0.4, 0.5) is 0 Å². The van der Waals surface area contributed by atoms with E-state index in [2.05, 4.69) is 193 Å².